The van der Waals surface area contributed by atoms with Crippen LogP contribution in [0.25, 0.3) is 0 Å². The molecule has 4 rings (SSSR count). The lowest BCUT2D eigenvalue weighted by Crippen LogP contribution is -2.62. The Morgan fingerprint density at radius 1 is 1.02 bits per heavy atom. The van der Waals surface area contributed by atoms with E-state index in [1.807, 2.05) is 51.1 Å². The summed E-state index contributed by atoms with van der Waals surface area (Å²) in [7, 11) is 0. The van der Waals surface area contributed by atoms with Crippen molar-refractivity contribution in [3.8, 4) is 0 Å². The molecule has 5 N–H and O–H groups in total. The van der Waals surface area contributed by atoms with Crippen molar-refractivity contribution in [2.45, 2.75) is 116 Å². The second kappa shape index (κ2) is 16.0. The van der Waals surface area contributed by atoms with E-state index in [4.69, 9.17) is 0 Å². The third-order valence-corrected chi connectivity index (χ3v) is 10.5. The molecule has 2 aliphatic heterocycles. The van der Waals surface area contributed by atoms with Crippen molar-refractivity contribution in [2.75, 3.05) is 19.0 Å². The van der Waals surface area contributed by atoms with Gasteiger partial charge in [-0.15, -0.1) is 0 Å². The highest BCUT2D eigenvalue weighted by Crippen LogP contribution is 2.39. The van der Waals surface area contributed by atoms with Crippen LogP contribution in [0.1, 0.15) is 85.6 Å². The average molecular weight is 670 g/mol. The van der Waals surface area contributed by atoms with Gasteiger partial charge in [0, 0.05) is 36.7 Å². The average Bonchev–Trinajstić information content (AvgIpc) is 3.53. The molecule has 1 aromatic rings. The number of ketones is 1. The van der Waals surface area contributed by atoms with Crippen molar-refractivity contribution in [3.05, 3.63) is 47.0 Å². The Bertz CT molecular complexity index is 1300. The van der Waals surface area contributed by atoms with Crippen molar-refractivity contribution in [3.63, 3.8) is 0 Å². The fourth-order valence-electron chi connectivity index (χ4n) is 7.40. The maximum atomic E-state index is 14.2. The van der Waals surface area contributed by atoms with Gasteiger partial charge in [0.25, 0.3) is 5.91 Å². The molecule has 1 saturated heterocycles. The molecule has 0 bridgehead atoms. The van der Waals surface area contributed by atoms with Crippen LogP contribution in [0.2, 0.25) is 0 Å². The first-order chi connectivity index (χ1) is 22.1. The number of thioether (sulfide) groups is 1. The van der Waals surface area contributed by atoms with Gasteiger partial charge in [0.1, 0.15) is 11.8 Å². The normalized spacial score (nSPS) is 23.7. The third kappa shape index (κ3) is 10.5. The van der Waals surface area contributed by atoms with Gasteiger partial charge >= 0.3 is 0 Å². The number of Topliss-reactive ketones (excluding diaryl/α,β-unsaturated/α-hetero) is 1. The standard InChI is InChI=1S/C36H55N5O5S/c1-23(42)18-36(5,6)31(39-33(45)30-19-37-22-47-30)34(46)38-27(16-24-12-8-7-9-13-24)29(43)21-41-20-26-15-11-10-14-25(26)17-28(41)32(44)40-35(2,3)4/h7-9,12-13,19,25-29,31,37,43H,10-11,14-18,20-22H2,1-6H3,(H,38,46)(H,39,45)(H,40,44)/t25-,26?,27?,28-,29+,31+/m0/s1. The van der Waals surface area contributed by atoms with E-state index in [-0.39, 0.29) is 42.1 Å². The quantitative estimate of drug-likeness (QED) is 0.215. The Kier molecular flexibility index (Phi) is 12.6. The van der Waals surface area contributed by atoms with Gasteiger partial charge < -0.3 is 31.2 Å². The van der Waals surface area contributed by atoms with Gasteiger partial charge in [-0.05, 0) is 64.4 Å². The Morgan fingerprint density at radius 3 is 2.32 bits per heavy atom. The molecule has 0 aromatic heterocycles. The van der Waals surface area contributed by atoms with Crippen LogP contribution in [0, 0.1) is 17.3 Å². The Balaban J connectivity index is 1.59. The van der Waals surface area contributed by atoms with E-state index in [0.717, 1.165) is 31.4 Å². The summed E-state index contributed by atoms with van der Waals surface area (Å²) in [6.45, 7) is 11.9. The Labute approximate surface area is 284 Å². The highest BCUT2D eigenvalue weighted by atomic mass is 32.2. The summed E-state index contributed by atoms with van der Waals surface area (Å²) in [6, 6.07) is 7.54. The second-order valence-electron chi connectivity index (χ2n) is 15.4. The van der Waals surface area contributed by atoms with E-state index in [1.54, 1.807) is 20.0 Å². The molecular formula is C36H55N5O5S. The first-order valence-corrected chi connectivity index (χ1v) is 18.1. The molecule has 11 heteroatoms. The number of nitrogens with zero attached hydrogens (tertiary/aromatic N) is 1. The molecule has 0 spiro atoms. The van der Waals surface area contributed by atoms with E-state index < -0.39 is 29.5 Å². The van der Waals surface area contributed by atoms with Crippen molar-refractivity contribution >= 4 is 35.3 Å². The predicted molar refractivity (Wildman–Crippen MR) is 186 cm³/mol. The van der Waals surface area contributed by atoms with Crippen molar-refractivity contribution in [1.82, 2.24) is 26.2 Å². The molecule has 6 atom stereocenters. The maximum Gasteiger partial charge on any atom is 0.259 e. The summed E-state index contributed by atoms with van der Waals surface area (Å²) in [5, 5.41) is 24.1. The fourth-order valence-corrected chi connectivity index (χ4v) is 8.08. The van der Waals surface area contributed by atoms with Crippen LogP contribution in [-0.4, -0.2) is 82.2 Å². The summed E-state index contributed by atoms with van der Waals surface area (Å²) >= 11 is 1.34. The monoisotopic (exact) mass is 669 g/mol. The van der Waals surface area contributed by atoms with Gasteiger partial charge in [0.05, 0.1) is 29.0 Å². The fraction of sp³-hybridized carbons (Fsp3) is 0.667. The number of carbonyl (C=O) groups is 4. The Morgan fingerprint density at radius 2 is 1.70 bits per heavy atom. The molecule has 260 valence electrons. The van der Waals surface area contributed by atoms with Gasteiger partial charge in [0.2, 0.25) is 11.8 Å². The van der Waals surface area contributed by atoms with Crippen LogP contribution in [-0.2, 0) is 25.6 Å². The van der Waals surface area contributed by atoms with Crippen molar-refractivity contribution < 1.29 is 24.3 Å². The number of fused-ring (bicyclic) bond motifs is 1. The SMILES string of the molecule is CC(=O)CC(C)(C)[C@H](NC(=O)C1=CNCS1)C(=O)NC(Cc1ccccc1)[C@H](O)CN1CC2CCCC[C@H]2C[C@H]1C(=O)NC(C)(C)C. The van der Waals surface area contributed by atoms with E-state index >= 15 is 0 Å². The molecule has 3 amide bonds. The van der Waals surface area contributed by atoms with Gasteiger partial charge in [-0.25, -0.2) is 0 Å². The van der Waals surface area contributed by atoms with Gasteiger partial charge in [-0.1, -0.05) is 75.2 Å². The highest BCUT2D eigenvalue weighted by molar-refractivity contribution is 8.04. The van der Waals surface area contributed by atoms with Crippen LogP contribution in [0.5, 0.6) is 0 Å². The minimum Gasteiger partial charge on any atom is -0.390 e. The van der Waals surface area contributed by atoms with E-state index in [9.17, 15) is 24.3 Å². The van der Waals surface area contributed by atoms with Crippen LogP contribution < -0.4 is 21.3 Å². The second-order valence-corrected chi connectivity index (χ2v) is 16.4. The van der Waals surface area contributed by atoms with Gasteiger partial charge in [-0.2, -0.15) is 0 Å². The van der Waals surface area contributed by atoms with Crippen molar-refractivity contribution in [2.24, 2.45) is 17.3 Å². The molecule has 0 radical (unpaired) electrons. The predicted octanol–water partition coefficient (Wildman–Crippen LogP) is 3.50. The van der Waals surface area contributed by atoms with Crippen LogP contribution in [0.4, 0.5) is 0 Å². The first-order valence-electron chi connectivity index (χ1n) is 17.1. The zero-order valence-corrected chi connectivity index (χ0v) is 29.8. The lowest BCUT2D eigenvalue weighted by molar-refractivity contribution is -0.135. The van der Waals surface area contributed by atoms with Crippen LogP contribution >= 0.6 is 11.8 Å². The van der Waals surface area contributed by atoms with E-state index in [2.05, 4.69) is 26.2 Å². The molecule has 47 heavy (non-hydrogen) atoms. The zero-order valence-electron chi connectivity index (χ0n) is 28.9. The molecule has 2 fully saturated rings. The van der Waals surface area contributed by atoms with Gasteiger partial charge in [0.15, 0.2) is 0 Å². The zero-order chi connectivity index (χ0) is 34.4. The number of piperidine rings is 1. The number of hydrogen-bond acceptors (Lipinski definition) is 8. The molecule has 1 aromatic carbocycles. The largest absolute Gasteiger partial charge is 0.390 e. The Hall–Kier alpha value is -2.89. The number of likely N-dealkylation sites (tertiary alicyclic amines) is 1. The van der Waals surface area contributed by atoms with Gasteiger partial charge in [-0.3, -0.25) is 19.3 Å². The number of aliphatic hydroxyl groups excluding tert-OH is 1. The molecule has 10 nitrogen and oxygen atoms in total. The smallest absolute Gasteiger partial charge is 0.259 e. The highest BCUT2D eigenvalue weighted by Gasteiger charge is 2.43. The summed E-state index contributed by atoms with van der Waals surface area (Å²) < 4.78 is 0. The first kappa shape index (κ1) is 36.9. The topological polar surface area (TPSA) is 140 Å². The molecule has 3 aliphatic rings. The number of β-amino-alcohol motifs (C(OH)–C–C–N with tert-alkyl or cyclic N) is 1. The summed E-state index contributed by atoms with van der Waals surface area (Å²) in [4.78, 5) is 55.8. The van der Waals surface area contributed by atoms with E-state index in [0.29, 0.717) is 29.0 Å². The minimum atomic E-state index is -1.03. The molecular weight excluding hydrogens is 614 g/mol. The molecule has 2 unspecified atom stereocenters. The van der Waals surface area contributed by atoms with Crippen LogP contribution in [0.3, 0.4) is 0 Å². The number of nitrogens with one attached hydrogen (secondary N) is 4. The maximum absolute atomic E-state index is 14.2. The number of carbonyl (C=O) groups excluding carboxylic acids is 4. The minimum absolute atomic E-state index is 0.0281. The van der Waals surface area contributed by atoms with E-state index in [1.165, 1.54) is 31.5 Å². The lowest BCUT2D eigenvalue weighted by atomic mass is 9.72. The number of amides is 3. The number of aliphatic hydroxyl groups is 1. The summed E-state index contributed by atoms with van der Waals surface area (Å²) in [6.07, 6.45) is 6.42. The van der Waals surface area contributed by atoms with Crippen molar-refractivity contribution in [1.29, 1.82) is 0 Å². The number of rotatable bonds is 13. The molecule has 1 saturated carbocycles. The lowest BCUT2D eigenvalue weighted by Gasteiger charge is -2.47. The molecule has 2 heterocycles. The summed E-state index contributed by atoms with van der Waals surface area (Å²) in [5.74, 6) is 0.554. The molecule has 1 aliphatic carbocycles. The number of benzene rings is 1. The number of hydrogen-bond donors (Lipinski definition) is 5. The van der Waals surface area contributed by atoms with Crippen LogP contribution in [0.15, 0.2) is 41.4 Å². The third-order valence-electron chi connectivity index (χ3n) is 9.61. The summed E-state index contributed by atoms with van der Waals surface area (Å²) in [5.41, 5.74) is -0.347.